The molecule has 24 heavy (non-hydrogen) atoms. The molecule has 2 heterocycles. The van der Waals surface area contributed by atoms with Crippen LogP contribution in [0.3, 0.4) is 0 Å². The molecule has 0 aromatic heterocycles. The van der Waals surface area contributed by atoms with E-state index in [2.05, 4.69) is 5.32 Å². The predicted octanol–water partition coefficient (Wildman–Crippen LogP) is 4.14. The molecule has 0 spiro atoms. The van der Waals surface area contributed by atoms with Gasteiger partial charge in [0, 0.05) is 31.6 Å². The summed E-state index contributed by atoms with van der Waals surface area (Å²) in [6, 6.07) is 4.11. The maximum absolute atomic E-state index is 13.4. The molecule has 2 fully saturated rings. The minimum absolute atomic E-state index is 0.168. The Morgan fingerprint density at radius 1 is 1.17 bits per heavy atom. The van der Waals surface area contributed by atoms with Gasteiger partial charge in [-0.25, -0.2) is 0 Å². The average molecular weight is 364 g/mol. The van der Waals surface area contributed by atoms with Crippen LogP contribution in [0.25, 0.3) is 0 Å². The molecule has 2 aliphatic heterocycles. The van der Waals surface area contributed by atoms with Crippen LogP contribution in [0, 0.1) is 11.8 Å². The van der Waals surface area contributed by atoms with Crippen LogP contribution >= 0.6 is 11.6 Å². The molecule has 1 aromatic carbocycles. The van der Waals surface area contributed by atoms with E-state index in [1.54, 1.807) is 0 Å². The molecule has 3 rings (SSSR count). The van der Waals surface area contributed by atoms with Crippen molar-refractivity contribution in [2.24, 2.45) is 11.8 Å². The third kappa shape index (κ3) is 3.98. The Morgan fingerprint density at radius 2 is 1.92 bits per heavy atom. The van der Waals surface area contributed by atoms with Crippen LogP contribution in [-0.2, 0) is 10.9 Å². The van der Waals surface area contributed by atoms with Gasteiger partial charge in [-0.15, -0.1) is 0 Å². The summed E-state index contributed by atoms with van der Waals surface area (Å²) in [7, 11) is 0. The highest BCUT2D eigenvalue weighted by Crippen LogP contribution is 2.42. The van der Waals surface area contributed by atoms with Gasteiger partial charge in [0.15, 0.2) is 0 Å². The van der Waals surface area contributed by atoms with E-state index in [-0.39, 0.29) is 28.7 Å². The molecule has 0 bridgehead atoms. The Hall–Kier alpha value is -0.980. The maximum Gasteiger partial charge on any atom is 0.421 e. The second kappa shape index (κ2) is 7.50. The minimum Gasteiger partial charge on any atom is -0.489 e. The normalized spacial score (nSPS) is 24.1. The highest BCUT2D eigenvalue weighted by Gasteiger charge is 2.40. The molecule has 1 aromatic rings. The Morgan fingerprint density at radius 3 is 2.54 bits per heavy atom. The number of hydrogen-bond donors (Lipinski definition) is 1. The third-order valence-corrected chi connectivity index (χ3v) is 5.13. The molecular weight excluding hydrogens is 343 g/mol. The lowest BCUT2D eigenvalue weighted by Crippen LogP contribution is -2.39. The zero-order valence-electron chi connectivity index (χ0n) is 13.2. The van der Waals surface area contributed by atoms with Crippen molar-refractivity contribution in [2.75, 3.05) is 26.3 Å². The van der Waals surface area contributed by atoms with Crippen molar-refractivity contribution in [1.29, 1.82) is 0 Å². The highest BCUT2D eigenvalue weighted by atomic mass is 35.5. The molecule has 0 saturated carbocycles. The van der Waals surface area contributed by atoms with Gasteiger partial charge in [-0.2, -0.15) is 13.2 Å². The van der Waals surface area contributed by atoms with Crippen molar-refractivity contribution in [3.8, 4) is 5.75 Å². The van der Waals surface area contributed by atoms with Gasteiger partial charge in [-0.05, 0) is 37.9 Å². The Bertz CT molecular complexity index is 555. The van der Waals surface area contributed by atoms with E-state index in [1.165, 1.54) is 18.2 Å². The average Bonchev–Trinajstić information content (AvgIpc) is 3.06. The lowest BCUT2D eigenvalue weighted by atomic mass is 9.85. The van der Waals surface area contributed by atoms with Gasteiger partial charge in [-0.3, -0.25) is 0 Å². The molecule has 3 nitrogen and oxygen atoms in total. The molecule has 1 unspecified atom stereocenters. The van der Waals surface area contributed by atoms with Gasteiger partial charge in [-0.1, -0.05) is 17.7 Å². The van der Waals surface area contributed by atoms with Crippen LogP contribution in [0.1, 0.15) is 24.8 Å². The van der Waals surface area contributed by atoms with E-state index in [4.69, 9.17) is 21.1 Å². The monoisotopic (exact) mass is 363 g/mol. The second-order valence-corrected chi connectivity index (χ2v) is 6.80. The van der Waals surface area contributed by atoms with E-state index >= 15 is 0 Å². The first kappa shape index (κ1) is 17.8. The van der Waals surface area contributed by atoms with Crippen molar-refractivity contribution >= 4 is 11.6 Å². The van der Waals surface area contributed by atoms with Crippen molar-refractivity contribution in [2.45, 2.75) is 31.5 Å². The summed E-state index contributed by atoms with van der Waals surface area (Å²) in [5, 5.41) is 2.95. The SMILES string of the molecule is FC(F)(F)c1c(Cl)cccc1O[C@@H](C1CCOCC1)C1CCNC1. The topological polar surface area (TPSA) is 30.5 Å². The number of hydrogen-bond acceptors (Lipinski definition) is 3. The fourth-order valence-corrected chi connectivity index (χ4v) is 3.88. The molecule has 2 atom stereocenters. The number of rotatable bonds is 4. The van der Waals surface area contributed by atoms with Crippen LogP contribution in [-0.4, -0.2) is 32.4 Å². The van der Waals surface area contributed by atoms with Gasteiger partial charge < -0.3 is 14.8 Å². The molecule has 2 saturated heterocycles. The van der Waals surface area contributed by atoms with Gasteiger partial charge in [0.25, 0.3) is 0 Å². The largest absolute Gasteiger partial charge is 0.489 e. The molecule has 2 aliphatic rings. The van der Waals surface area contributed by atoms with Crippen LogP contribution in [0.5, 0.6) is 5.75 Å². The highest BCUT2D eigenvalue weighted by molar-refractivity contribution is 6.31. The molecule has 0 amide bonds. The van der Waals surface area contributed by atoms with Crippen molar-refractivity contribution in [3.05, 3.63) is 28.8 Å². The number of benzene rings is 1. The number of nitrogens with one attached hydrogen (secondary N) is 1. The quantitative estimate of drug-likeness (QED) is 0.872. The maximum atomic E-state index is 13.4. The second-order valence-electron chi connectivity index (χ2n) is 6.40. The van der Waals surface area contributed by atoms with Crippen LogP contribution in [0.2, 0.25) is 5.02 Å². The van der Waals surface area contributed by atoms with E-state index in [0.717, 1.165) is 32.4 Å². The first-order valence-corrected chi connectivity index (χ1v) is 8.65. The molecular formula is C17H21ClF3NO2. The predicted molar refractivity (Wildman–Crippen MR) is 85.4 cm³/mol. The Labute approximate surface area is 144 Å². The molecule has 1 N–H and O–H groups in total. The van der Waals surface area contributed by atoms with Crippen LogP contribution < -0.4 is 10.1 Å². The number of halogens is 4. The van der Waals surface area contributed by atoms with Crippen LogP contribution in [0.15, 0.2) is 18.2 Å². The van der Waals surface area contributed by atoms with Gasteiger partial charge in [0.1, 0.15) is 17.4 Å². The van der Waals surface area contributed by atoms with Crippen molar-refractivity contribution < 1.29 is 22.6 Å². The number of alkyl halides is 3. The fraction of sp³-hybridized carbons (Fsp3) is 0.647. The first-order chi connectivity index (χ1) is 11.5. The molecule has 7 heteroatoms. The standard InChI is InChI=1S/C17H21ClF3NO2/c18-13-2-1-3-14(15(13)17(19,20)21)24-16(12-4-7-22-10-12)11-5-8-23-9-6-11/h1-3,11-12,16,22H,4-10H2/t12?,16-/m0/s1. The summed E-state index contributed by atoms with van der Waals surface area (Å²) in [6.07, 6.45) is -2.28. The third-order valence-electron chi connectivity index (χ3n) is 4.82. The van der Waals surface area contributed by atoms with E-state index in [0.29, 0.717) is 13.2 Å². The minimum atomic E-state index is -4.54. The Balaban J connectivity index is 1.88. The summed E-state index contributed by atoms with van der Waals surface area (Å²) in [4.78, 5) is 0. The lowest BCUT2D eigenvalue weighted by molar-refractivity contribution is -0.139. The van der Waals surface area contributed by atoms with Crippen molar-refractivity contribution in [1.82, 2.24) is 5.32 Å². The zero-order valence-corrected chi connectivity index (χ0v) is 14.0. The lowest BCUT2D eigenvalue weighted by Gasteiger charge is -2.35. The first-order valence-electron chi connectivity index (χ1n) is 8.27. The Kier molecular flexibility index (Phi) is 5.57. The van der Waals surface area contributed by atoms with E-state index in [9.17, 15) is 13.2 Å². The summed E-state index contributed by atoms with van der Waals surface area (Å²) >= 11 is 5.81. The molecule has 0 aliphatic carbocycles. The van der Waals surface area contributed by atoms with Crippen LogP contribution in [0.4, 0.5) is 13.2 Å². The smallest absolute Gasteiger partial charge is 0.421 e. The molecule has 0 radical (unpaired) electrons. The number of ether oxygens (including phenoxy) is 2. The summed E-state index contributed by atoms with van der Waals surface area (Å²) < 4.78 is 51.5. The summed E-state index contributed by atoms with van der Waals surface area (Å²) in [6.45, 7) is 2.90. The van der Waals surface area contributed by atoms with Gasteiger partial charge >= 0.3 is 6.18 Å². The van der Waals surface area contributed by atoms with E-state index in [1.807, 2.05) is 0 Å². The van der Waals surface area contributed by atoms with Gasteiger partial charge in [0.05, 0.1) is 5.02 Å². The summed E-state index contributed by atoms with van der Waals surface area (Å²) in [5.41, 5.74) is -0.880. The molecule has 134 valence electrons. The fourth-order valence-electron chi connectivity index (χ4n) is 3.60. The van der Waals surface area contributed by atoms with E-state index < -0.39 is 11.7 Å². The van der Waals surface area contributed by atoms with Crippen molar-refractivity contribution in [3.63, 3.8) is 0 Å². The zero-order chi connectivity index (χ0) is 17.2. The summed E-state index contributed by atoms with van der Waals surface area (Å²) in [5.74, 6) is 0.232. The van der Waals surface area contributed by atoms with Gasteiger partial charge in [0.2, 0.25) is 0 Å².